The van der Waals surface area contributed by atoms with Crippen molar-refractivity contribution in [2.45, 2.75) is 6.54 Å². The summed E-state index contributed by atoms with van der Waals surface area (Å²) >= 11 is 0. The topological polar surface area (TPSA) is 82.2 Å². The molecule has 0 aliphatic heterocycles. The molecule has 0 radical (unpaired) electrons. The Kier molecular flexibility index (Phi) is 2.10. The third kappa shape index (κ3) is 1.96. The fraction of sp³-hybridized carbons (Fsp3) is 0.333. The fourth-order valence-corrected chi connectivity index (χ4v) is 0.711. The molecule has 0 amide bonds. The number of nitrogens with zero attached hydrogens (tertiary/aromatic N) is 3. The second-order valence-corrected chi connectivity index (χ2v) is 2.20. The summed E-state index contributed by atoms with van der Waals surface area (Å²) in [5.41, 5.74) is 10.3. The second kappa shape index (κ2) is 3.05. The highest BCUT2D eigenvalue weighted by Gasteiger charge is 1.95. The first-order valence-corrected chi connectivity index (χ1v) is 3.21. The number of imidazole rings is 1. The van der Waals surface area contributed by atoms with Gasteiger partial charge in [-0.25, -0.2) is 9.98 Å². The lowest BCUT2D eigenvalue weighted by Crippen LogP contribution is -2.22. The number of aliphatic imine (C=N–C) groups is 1. The molecule has 0 atom stereocenters. The summed E-state index contributed by atoms with van der Waals surface area (Å²) < 4.78 is 1.87. The minimum absolute atomic E-state index is 0.0907. The van der Waals surface area contributed by atoms with Crippen molar-refractivity contribution in [3.63, 3.8) is 0 Å². The van der Waals surface area contributed by atoms with Crippen LogP contribution in [0.1, 0.15) is 5.82 Å². The largest absolute Gasteiger partial charge is 0.370 e. The van der Waals surface area contributed by atoms with E-state index >= 15 is 0 Å². The molecule has 0 aliphatic rings. The Morgan fingerprint density at radius 1 is 1.73 bits per heavy atom. The van der Waals surface area contributed by atoms with Crippen molar-refractivity contribution < 1.29 is 0 Å². The first-order valence-electron chi connectivity index (χ1n) is 3.21. The van der Waals surface area contributed by atoms with E-state index in [1.54, 1.807) is 6.20 Å². The number of aryl methyl sites for hydroxylation is 1. The zero-order valence-corrected chi connectivity index (χ0v) is 6.36. The number of rotatable bonds is 2. The molecule has 5 nitrogen and oxygen atoms in total. The van der Waals surface area contributed by atoms with Gasteiger partial charge in [-0.3, -0.25) is 0 Å². The van der Waals surface area contributed by atoms with Crippen LogP contribution >= 0.6 is 0 Å². The quantitative estimate of drug-likeness (QED) is 0.430. The normalized spacial score (nSPS) is 9.55. The van der Waals surface area contributed by atoms with Gasteiger partial charge in [-0.05, 0) is 0 Å². The number of aromatic nitrogens is 2. The Balaban J connectivity index is 2.65. The van der Waals surface area contributed by atoms with Crippen LogP contribution in [0.15, 0.2) is 17.4 Å². The lowest BCUT2D eigenvalue weighted by atomic mass is 10.6. The first kappa shape index (κ1) is 7.59. The van der Waals surface area contributed by atoms with E-state index in [0.717, 1.165) is 5.82 Å². The van der Waals surface area contributed by atoms with E-state index in [9.17, 15) is 0 Å². The van der Waals surface area contributed by atoms with E-state index in [2.05, 4.69) is 9.98 Å². The molecule has 1 heterocycles. The van der Waals surface area contributed by atoms with Crippen molar-refractivity contribution in [1.29, 1.82) is 0 Å². The maximum absolute atomic E-state index is 5.15. The average molecular weight is 153 g/mol. The molecule has 4 N–H and O–H groups in total. The van der Waals surface area contributed by atoms with Crippen LogP contribution in [0.2, 0.25) is 0 Å². The molecule has 0 fully saturated rings. The monoisotopic (exact) mass is 153 g/mol. The van der Waals surface area contributed by atoms with Crippen LogP contribution in [0.3, 0.4) is 0 Å². The molecule has 0 bridgehead atoms. The minimum Gasteiger partial charge on any atom is -0.370 e. The molecule has 0 spiro atoms. The van der Waals surface area contributed by atoms with Gasteiger partial charge in [-0.15, -0.1) is 0 Å². The van der Waals surface area contributed by atoms with Crippen molar-refractivity contribution in [2.24, 2.45) is 23.5 Å². The number of guanidine groups is 1. The standard InChI is InChI=1S/C6H11N5/c1-11-3-2-9-5(11)4-10-6(7)8/h2-3H,4H2,1H3,(H4,7,8,10). The van der Waals surface area contributed by atoms with Crippen LogP contribution in [-0.4, -0.2) is 15.5 Å². The van der Waals surface area contributed by atoms with Crippen LogP contribution in [0, 0.1) is 0 Å². The Hall–Kier alpha value is -1.52. The smallest absolute Gasteiger partial charge is 0.186 e. The molecule has 0 aliphatic carbocycles. The van der Waals surface area contributed by atoms with Gasteiger partial charge in [-0.1, -0.05) is 0 Å². The van der Waals surface area contributed by atoms with Gasteiger partial charge < -0.3 is 16.0 Å². The van der Waals surface area contributed by atoms with Crippen LogP contribution in [0.4, 0.5) is 0 Å². The predicted molar refractivity (Wildman–Crippen MR) is 42.7 cm³/mol. The van der Waals surface area contributed by atoms with E-state index in [1.807, 2.05) is 17.8 Å². The summed E-state index contributed by atoms with van der Waals surface area (Å²) in [6, 6.07) is 0. The molecule has 1 rings (SSSR count). The molecular weight excluding hydrogens is 142 g/mol. The van der Waals surface area contributed by atoms with Crippen molar-refractivity contribution >= 4 is 5.96 Å². The van der Waals surface area contributed by atoms with Gasteiger partial charge >= 0.3 is 0 Å². The molecule has 0 saturated carbocycles. The van der Waals surface area contributed by atoms with Crippen molar-refractivity contribution in [2.75, 3.05) is 0 Å². The number of hydrogen-bond acceptors (Lipinski definition) is 2. The predicted octanol–water partition coefficient (Wildman–Crippen LogP) is -0.806. The zero-order valence-electron chi connectivity index (χ0n) is 6.36. The molecule has 0 unspecified atom stereocenters. The van der Waals surface area contributed by atoms with E-state index < -0.39 is 0 Å². The van der Waals surface area contributed by atoms with E-state index in [-0.39, 0.29) is 5.96 Å². The minimum atomic E-state index is 0.0907. The van der Waals surface area contributed by atoms with E-state index in [1.165, 1.54) is 0 Å². The Morgan fingerprint density at radius 3 is 2.91 bits per heavy atom. The lowest BCUT2D eigenvalue weighted by molar-refractivity contribution is 0.793. The summed E-state index contributed by atoms with van der Waals surface area (Å²) in [6.07, 6.45) is 3.55. The molecular formula is C6H11N5. The maximum Gasteiger partial charge on any atom is 0.186 e. The average Bonchev–Trinajstić information content (AvgIpc) is 2.31. The molecule has 1 aromatic rings. The molecule has 60 valence electrons. The Morgan fingerprint density at radius 2 is 2.45 bits per heavy atom. The zero-order chi connectivity index (χ0) is 8.27. The fourth-order valence-electron chi connectivity index (χ4n) is 0.711. The summed E-state index contributed by atoms with van der Waals surface area (Å²) in [5, 5.41) is 0. The van der Waals surface area contributed by atoms with Crippen LogP contribution in [0.5, 0.6) is 0 Å². The van der Waals surface area contributed by atoms with Gasteiger partial charge in [0.2, 0.25) is 0 Å². The third-order valence-electron chi connectivity index (χ3n) is 1.32. The molecule has 0 saturated heterocycles. The van der Waals surface area contributed by atoms with Crippen molar-refractivity contribution in [3.05, 3.63) is 18.2 Å². The van der Waals surface area contributed by atoms with Gasteiger partial charge in [0.05, 0.1) is 0 Å². The third-order valence-corrected chi connectivity index (χ3v) is 1.32. The van der Waals surface area contributed by atoms with Crippen LogP contribution in [0.25, 0.3) is 0 Å². The SMILES string of the molecule is Cn1ccnc1CN=C(N)N. The first-order chi connectivity index (χ1) is 5.20. The lowest BCUT2D eigenvalue weighted by Gasteiger charge is -1.96. The number of nitrogens with two attached hydrogens (primary N) is 2. The van der Waals surface area contributed by atoms with Gasteiger partial charge in [0.1, 0.15) is 12.4 Å². The second-order valence-electron chi connectivity index (χ2n) is 2.20. The van der Waals surface area contributed by atoms with Crippen LogP contribution < -0.4 is 11.5 Å². The maximum atomic E-state index is 5.15. The van der Waals surface area contributed by atoms with Gasteiger partial charge in [-0.2, -0.15) is 0 Å². The summed E-state index contributed by atoms with van der Waals surface area (Å²) in [6.45, 7) is 0.436. The summed E-state index contributed by atoms with van der Waals surface area (Å²) in [4.78, 5) is 7.85. The van der Waals surface area contributed by atoms with E-state index in [0.29, 0.717) is 6.54 Å². The Labute approximate surface area is 64.7 Å². The molecule has 0 aromatic carbocycles. The summed E-state index contributed by atoms with van der Waals surface area (Å²) in [7, 11) is 1.89. The van der Waals surface area contributed by atoms with Crippen molar-refractivity contribution in [3.8, 4) is 0 Å². The highest BCUT2D eigenvalue weighted by Crippen LogP contribution is 1.94. The highest BCUT2D eigenvalue weighted by molar-refractivity contribution is 5.75. The molecule has 11 heavy (non-hydrogen) atoms. The molecule has 1 aromatic heterocycles. The van der Waals surface area contributed by atoms with E-state index in [4.69, 9.17) is 11.5 Å². The van der Waals surface area contributed by atoms with Gasteiger partial charge in [0.15, 0.2) is 5.96 Å². The Bertz CT molecular complexity index is 258. The highest BCUT2D eigenvalue weighted by atomic mass is 15.1. The van der Waals surface area contributed by atoms with Gasteiger partial charge in [0.25, 0.3) is 0 Å². The summed E-state index contributed by atoms with van der Waals surface area (Å²) in [5.74, 6) is 0.936. The van der Waals surface area contributed by atoms with Crippen molar-refractivity contribution in [1.82, 2.24) is 9.55 Å². The molecule has 5 heteroatoms. The van der Waals surface area contributed by atoms with Gasteiger partial charge in [0, 0.05) is 19.4 Å². The number of hydrogen-bond donors (Lipinski definition) is 2. The van der Waals surface area contributed by atoms with Crippen LogP contribution in [-0.2, 0) is 13.6 Å².